The van der Waals surface area contributed by atoms with E-state index in [9.17, 15) is 0 Å². The van der Waals surface area contributed by atoms with Crippen molar-refractivity contribution in [1.82, 2.24) is 10.3 Å². The van der Waals surface area contributed by atoms with Gasteiger partial charge >= 0.3 is 0 Å². The molecule has 0 aromatic carbocycles. The first-order chi connectivity index (χ1) is 9.20. The summed E-state index contributed by atoms with van der Waals surface area (Å²) in [6, 6.07) is 2.16. The van der Waals surface area contributed by atoms with E-state index in [1.54, 1.807) is 11.3 Å². The predicted molar refractivity (Wildman–Crippen MR) is 80.6 cm³/mol. The third-order valence-corrected chi connectivity index (χ3v) is 3.94. The van der Waals surface area contributed by atoms with Crippen molar-refractivity contribution in [3.63, 3.8) is 0 Å². The maximum absolute atomic E-state index is 5.84. The second-order valence-corrected chi connectivity index (χ2v) is 6.01. The fourth-order valence-corrected chi connectivity index (χ4v) is 2.89. The highest BCUT2D eigenvalue weighted by Crippen LogP contribution is 2.30. The summed E-state index contributed by atoms with van der Waals surface area (Å²) in [6.45, 7) is 8.54. The SMILES string of the molecule is CCc1ccsc1-c1cnc(CCNCC(C)C)o1. The van der Waals surface area contributed by atoms with Crippen LogP contribution in [0.15, 0.2) is 22.1 Å². The molecule has 0 unspecified atom stereocenters. The van der Waals surface area contributed by atoms with E-state index in [1.807, 2.05) is 6.20 Å². The number of rotatable bonds is 7. The third kappa shape index (κ3) is 3.91. The molecule has 0 fully saturated rings. The van der Waals surface area contributed by atoms with E-state index in [4.69, 9.17) is 4.42 Å². The lowest BCUT2D eigenvalue weighted by molar-refractivity contribution is 0.483. The van der Waals surface area contributed by atoms with E-state index in [2.05, 4.69) is 42.5 Å². The van der Waals surface area contributed by atoms with Gasteiger partial charge in [0.25, 0.3) is 0 Å². The predicted octanol–water partition coefficient (Wildman–Crippen LogP) is 3.75. The Bertz CT molecular complexity index is 502. The van der Waals surface area contributed by atoms with E-state index >= 15 is 0 Å². The minimum atomic E-state index is 0.679. The average Bonchev–Trinajstić information content (AvgIpc) is 3.02. The van der Waals surface area contributed by atoms with Gasteiger partial charge in [-0.3, -0.25) is 0 Å². The maximum atomic E-state index is 5.84. The van der Waals surface area contributed by atoms with Gasteiger partial charge in [0.1, 0.15) is 0 Å². The van der Waals surface area contributed by atoms with Gasteiger partial charge in [-0.2, -0.15) is 0 Å². The number of hydrogen-bond acceptors (Lipinski definition) is 4. The Morgan fingerprint density at radius 1 is 1.42 bits per heavy atom. The van der Waals surface area contributed by atoms with Crippen molar-refractivity contribution in [2.45, 2.75) is 33.6 Å². The Morgan fingerprint density at radius 2 is 2.26 bits per heavy atom. The minimum Gasteiger partial charge on any atom is -0.440 e. The first-order valence-electron chi connectivity index (χ1n) is 6.92. The van der Waals surface area contributed by atoms with Crippen LogP contribution in [0.25, 0.3) is 10.6 Å². The van der Waals surface area contributed by atoms with Crippen molar-refractivity contribution in [3.8, 4) is 10.6 Å². The molecule has 4 heteroatoms. The Labute approximate surface area is 119 Å². The lowest BCUT2D eigenvalue weighted by Crippen LogP contribution is -2.22. The van der Waals surface area contributed by atoms with Crippen LogP contribution in [0.2, 0.25) is 0 Å². The van der Waals surface area contributed by atoms with Crippen LogP contribution in [0.5, 0.6) is 0 Å². The molecule has 1 N–H and O–H groups in total. The van der Waals surface area contributed by atoms with Gasteiger partial charge in [-0.25, -0.2) is 4.98 Å². The molecular weight excluding hydrogens is 256 g/mol. The molecule has 19 heavy (non-hydrogen) atoms. The number of nitrogens with one attached hydrogen (secondary N) is 1. The van der Waals surface area contributed by atoms with E-state index in [0.717, 1.165) is 37.6 Å². The lowest BCUT2D eigenvalue weighted by Gasteiger charge is -2.05. The maximum Gasteiger partial charge on any atom is 0.196 e. The van der Waals surface area contributed by atoms with Gasteiger partial charge in [0.05, 0.1) is 11.1 Å². The quantitative estimate of drug-likeness (QED) is 0.784. The summed E-state index contributed by atoms with van der Waals surface area (Å²) in [7, 11) is 0. The van der Waals surface area contributed by atoms with Crippen molar-refractivity contribution in [1.29, 1.82) is 0 Å². The Morgan fingerprint density at radius 3 is 3.00 bits per heavy atom. The molecule has 2 heterocycles. The Kier molecular flexibility index (Phi) is 5.16. The Balaban J connectivity index is 1.92. The minimum absolute atomic E-state index is 0.679. The smallest absolute Gasteiger partial charge is 0.196 e. The largest absolute Gasteiger partial charge is 0.440 e. The molecular formula is C15H22N2OS. The van der Waals surface area contributed by atoms with E-state index in [1.165, 1.54) is 10.4 Å². The molecule has 3 nitrogen and oxygen atoms in total. The molecule has 0 amide bonds. The molecule has 0 spiro atoms. The van der Waals surface area contributed by atoms with Crippen LogP contribution in [-0.2, 0) is 12.8 Å². The average molecular weight is 278 g/mol. The summed E-state index contributed by atoms with van der Waals surface area (Å²) in [6.07, 6.45) is 3.73. The van der Waals surface area contributed by atoms with Gasteiger partial charge in [0.15, 0.2) is 11.7 Å². The van der Waals surface area contributed by atoms with Crippen molar-refractivity contribution < 1.29 is 4.42 Å². The second kappa shape index (κ2) is 6.87. The highest BCUT2D eigenvalue weighted by Gasteiger charge is 2.11. The van der Waals surface area contributed by atoms with Crippen molar-refractivity contribution in [2.24, 2.45) is 5.92 Å². The fraction of sp³-hybridized carbons (Fsp3) is 0.533. The number of hydrogen-bond donors (Lipinski definition) is 1. The van der Waals surface area contributed by atoms with Crippen LogP contribution in [0, 0.1) is 5.92 Å². The van der Waals surface area contributed by atoms with E-state index in [0.29, 0.717) is 5.92 Å². The highest BCUT2D eigenvalue weighted by molar-refractivity contribution is 7.13. The number of aromatic nitrogens is 1. The molecule has 2 aromatic heterocycles. The van der Waals surface area contributed by atoms with Crippen LogP contribution in [-0.4, -0.2) is 18.1 Å². The van der Waals surface area contributed by atoms with E-state index in [-0.39, 0.29) is 0 Å². The topological polar surface area (TPSA) is 38.1 Å². The zero-order valence-corrected chi connectivity index (χ0v) is 12.7. The van der Waals surface area contributed by atoms with Crippen LogP contribution >= 0.6 is 11.3 Å². The normalized spacial score (nSPS) is 11.4. The summed E-state index contributed by atoms with van der Waals surface area (Å²) in [5, 5.41) is 5.51. The number of oxazole rings is 1. The molecule has 0 saturated carbocycles. The van der Waals surface area contributed by atoms with Gasteiger partial charge in [0.2, 0.25) is 0 Å². The zero-order chi connectivity index (χ0) is 13.7. The molecule has 0 aliphatic heterocycles. The standard InChI is InChI=1S/C15H22N2OS/c1-4-12-6-8-19-15(12)13-10-17-14(18-13)5-7-16-9-11(2)3/h6,8,10-11,16H,4-5,7,9H2,1-3H3. The summed E-state index contributed by atoms with van der Waals surface area (Å²) in [5.41, 5.74) is 1.34. The summed E-state index contributed by atoms with van der Waals surface area (Å²) < 4.78 is 5.84. The van der Waals surface area contributed by atoms with Gasteiger partial charge in [-0.15, -0.1) is 11.3 Å². The number of thiophene rings is 1. The van der Waals surface area contributed by atoms with Gasteiger partial charge in [0, 0.05) is 13.0 Å². The molecule has 0 radical (unpaired) electrons. The zero-order valence-electron chi connectivity index (χ0n) is 11.9. The van der Waals surface area contributed by atoms with Gasteiger partial charge in [-0.05, 0) is 35.9 Å². The first kappa shape index (κ1) is 14.3. The molecule has 2 rings (SSSR count). The van der Waals surface area contributed by atoms with Gasteiger partial charge in [-0.1, -0.05) is 20.8 Å². The summed E-state index contributed by atoms with van der Waals surface area (Å²) >= 11 is 1.72. The highest BCUT2D eigenvalue weighted by atomic mass is 32.1. The molecule has 0 aliphatic rings. The lowest BCUT2D eigenvalue weighted by atomic mass is 10.2. The fourth-order valence-electron chi connectivity index (χ4n) is 1.95. The van der Waals surface area contributed by atoms with Crippen molar-refractivity contribution in [2.75, 3.05) is 13.1 Å². The number of nitrogens with zero attached hydrogens (tertiary/aromatic N) is 1. The summed E-state index contributed by atoms with van der Waals surface area (Å²) in [4.78, 5) is 5.58. The third-order valence-electron chi connectivity index (χ3n) is 2.97. The molecule has 0 bridgehead atoms. The molecule has 2 aromatic rings. The second-order valence-electron chi connectivity index (χ2n) is 5.09. The molecule has 0 atom stereocenters. The van der Waals surface area contributed by atoms with Crippen LogP contribution in [0.4, 0.5) is 0 Å². The molecule has 0 aliphatic carbocycles. The monoisotopic (exact) mass is 278 g/mol. The van der Waals surface area contributed by atoms with Crippen LogP contribution < -0.4 is 5.32 Å². The molecule has 104 valence electrons. The van der Waals surface area contributed by atoms with E-state index < -0.39 is 0 Å². The van der Waals surface area contributed by atoms with Crippen LogP contribution in [0.1, 0.15) is 32.2 Å². The van der Waals surface area contributed by atoms with Crippen molar-refractivity contribution in [3.05, 3.63) is 29.1 Å². The number of aryl methyl sites for hydroxylation is 1. The van der Waals surface area contributed by atoms with Crippen molar-refractivity contribution >= 4 is 11.3 Å². The first-order valence-corrected chi connectivity index (χ1v) is 7.80. The molecule has 0 saturated heterocycles. The Hall–Kier alpha value is -1.13. The van der Waals surface area contributed by atoms with Crippen LogP contribution in [0.3, 0.4) is 0 Å². The summed E-state index contributed by atoms with van der Waals surface area (Å²) in [5.74, 6) is 2.41. The van der Waals surface area contributed by atoms with Gasteiger partial charge < -0.3 is 9.73 Å².